The molecule has 0 aliphatic rings. The summed E-state index contributed by atoms with van der Waals surface area (Å²) in [6, 6.07) is 20.6. The second-order valence-electron chi connectivity index (χ2n) is 4.16. The van der Waals surface area contributed by atoms with Crippen LogP contribution in [0.5, 0.6) is 0 Å². The molecule has 3 heteroatoms. The molecule has 0 N–H and O–H groups in total. The Balaban J connectivity index is 0.000000205. The number of aromatic nitrogens is 1. The van der Waals surface area contributed by atoms with Crippen LogP contribution in [0, 0.1) is 0 Å². The van der Waals surface area contributed by atoms with E-state index in [1.807, 2.05) is 41.1 Å². The quantitative estimate of drug-likeness (QED) is 0.438. The molecule has 20 heavy (non-hydrogen) atoms. The molecule has 1 nitrogen and oxygen atoms in total. The van der Waals surface area contributed by atoms with Crippen LogP contribution in [-0.2, 0) is 0 Å². The van der Waals surface area contributed by atoms with Crippen molar-refractivity contribution in [2.45, 2.75) is 0 Å². The van der Waals surface area contributed by atoms with Crippen LogP contribution >= 0.6 is 22.7 Å². The summed E-state index contributed by atoms with van der Waals surface area (Å²) in [6.45, 7) is 0. The van der Waals surface area contributed by atoms with Gasteiger partial charge in [0.05, 0.1) is 16.1 Å². The molecular weight excluding hydrogens is 282 g/mol. The Morgan fingerprint density at radius 1 is 0.700 bits per heavy atom. The zero-order chi connectivity index (χ0) is 13.6. The lowest BCUT2D eigenvalue weighted by Gasteiger charge is -1.99. The van der Waals surface area contributed by atoms with Gasteiger partial charge in [0.1, 0.15) is 0 Å². The third-order valence-electron chi connectivity index (χ3n) is 2.80. The summed E-state index contributed by atoms with van der Waals surface area (Å²) in [7, 11) is 0. The molecule has 0 aliphatic heterocycles. The lowest BCUT2D eigenvalue weighted by molar-refractivity contribution is 1.42. The summed E-state index contributed by atoms with van der Waals surface area (Å²) in [5.41, 5.74) is 2.12. The van der Waals surface area contributed by atoms with Crippen LogP contribution in [0.3, 0.4) is 0 Å². The van der Waals surface area contributed by atoms with Crippen LogP contribution in [0.15, 0.2) is 76.8 Å². The molecule has 0 atom stereocenters. The fourth-order valence-electron chi connectivity index (χ4n) is 1.85. The Hall–Kier alpha value is -1.97. The molecule has 3 aromatic heterocycles. The van der Waals surface area contributed by atoms with Crippen molar-refractivity contribution in [1.29, 1.82) is 0 Å². The lowest BCUT2D eigenvalue weighted by Crippen LogP contribution is -1.81. The van der Waals surface area contributed by atoms with E-state index in [0.717, 1.165) is 11.2 Å². The SMILES string of the molecule is c1ccsc1.c1csc(-c2ccc3ccccc3n2)c1. The third kappa shape index (κ3) is 3.13. The number of benzene rings is 1. The number of hydrogen-bond donors (Lipinski definition) is 0. The summed E-state index contributed by atoms with van der Waals surface area (Å²) < 4.78 is 0. The molecule has 0 saturated heterocycles. The van der Waals surface area contributed by atoms with Gasteiger partial charge in [0.15, 0.2) is 0 Å². The number of hydrogen-bond acceptors (Lipinski definition) is 3. The van der Waals surface area contributed by atoms with Crippen molar-refractivity contribution in [3.63, 3.8) is 0 Å². The monoisotopic (exact) mass is 295 g/mol. The predicted molar refractivity (Wildman–Crippen MR) is 89.4 cm³/mol. The van der Waals surface area contributed by atoms with E-state index in [4.69, 9.17) is 0 Å². The Bertz CT molecular complexity index is 741. The van der Waals surface area contributed by atoms with Crippen molar-refractivity contribution in [2.24, 2.45) is 0 Å². The molecule has 4 rings (SSSR count). The van der Waals surface area contributed by atoms with Gasteiger partial charge in [-0.15, -0.1) is 11.3 Å². The molecule has 0 spiro atoms. The average molecular weight is 295 g/mol. The van der Waals surface area contributed by atoms with Crippen LogP contribution < -0.4 is 0 Å². The van der Waals surface area contributed by atoms with E-state index in [1.54, 1.807) is 22.7 Å². The molecule has 0 fully saturated rings. The van der Waals surface area contributed by atoms with Gasteiger partial charge in [-0.1, -0.05) is 42.5 Å². The summed E-state index contributed by atoms with van der Waals surface area (Å²) in [5, 5.41) is 7.35. The standard InChI is InChI=1S/C13H9NS.C4H4S/c1-2-5-11-10(4-1)7-8-12(14-11)13-6-3-9-15-13;1-2-4-5-3-1/h1-9H;1-4H. The maximum Gasteiger partial charge on any atom is 0.0809 e. The van der Waals surface area contributed by atoms with Gasteiger partial charge in [0, 0.05) is 5.39 Å². The fourth-order valence-corrected chi connectivity index (χ4v) is 3.00. The highest BCUT2D eigenvalue weighted by molar-refractivity contribution is 7.13. The Morgan fingerprint density at radius 2 is 1.55 bits per heavy atom. The number of thiophene rings is 2. The minimum absolute atomic E-state index is 1.06. The van der Waals surface area contributed by atoms with Gasteiger partial charge >= 0.3 is 0 Å². The second-order valence-corrected chi connectivity index (χ2v) is 5.92. The Kier molecular flexibility index (Phi) is 4.21. The van der Waals surface area contributed by atoms with Crippen molar-refractivity contribution in [2.75, 3.05) is 0 Å². The van der Waals surface area contributed by atoms with E-state index in [1.165, 1.54) is 10.3 Å². The minimum atomic E-state index is 1.06. The number of nitrogens with zero attached hydrogens (tertiary/aromatic N) is 1. The lowest BCUT2D eigenvalue weighted by atomic mass is 10.2. The highest BCUT2D eigenvalue weighted by Crippen LogP contribution is 2.24. The smallest absolute Gasteiger partial charge is 0.0809 e. The van der Waals surface area contributed by atoms with Gasteiger partial charge in [-0.2, -0.15) is 11.3 Å². The van der Waals surface area contributed by atoms with Gasteiger partial charge in [0.2, 0.25) is 0 Å². The normalized spacial score (nSPS) is 10.0. The van der Waals surface area contributed by atoms with E-state index in [0.29, 0.717) is 0 Å². The average Bonchev–Trinajstić information content (AvgIpc) is 3.22. The van der Waals surface area contributed by atoms with E-state index in [9.17, 15) is 0 Å². The highest BCUT2D eigenvalue weighted by Gasteiger charge is 2.00. The Morgan fingerprint density at radius 3 is 2.25 bits per heavy atom. The highest BCUT2D eigenvalue weighted by atomic mass is 32.1. The first kappa shape index (κ1) is 13.0. The molecule has 0 aliphatic carbocycles. The largest absolute Gasteiger partial charge is 0.247 e. The van der Waals surface area contributed by atoms with Crippen LogP contribution in [-0.4, -0.2) is 4.98 Å². The molecule has 98 valence electrons. The van der Waals surface area contributed by atoms with E-state index < -0.39 is 0 Å². The van der Waals surface area contributed by atoms with Gasteiger partial charge in [0.25, 0.3) is 0 Å². The zero-order valence-electron chi connectivity index (χ0n) is 10.8. The van der Waals surface area contributed by atoms with Crippen LogP contribution in [0.4, 0.5) is 0 Å². The fraction of sp³-hybridized carbons (Fsp3) is 0. The van der Waals surface area contributed by atoms with E-state index in [2.05, 4.69) is 40.7 Å². The van der Waals surface area contributed by atoms with Gasteiger partial charge in [-0.05, 0) is 34.3 Å². The maximum absolute atomic E-state index is 4.63. The second kappa shape index (κ2) is 6.46. The van der Waals surface area contributed by atoms with Crippen LogP contribution in [0.25, 0.3) is 21.5 Å². The number of rotatable bonds is 1. The first-order valence-electron chi connectivity index (χ1n) is 6.30. The molecule has 0 radical (unpaired) electrons. The molecule has 0 amide bonds. The first-order chi connectivity index (χ1) is 9.93. The minimum Gasteiger partial charge on any atom is -0.247 e. The topological polar surface area (TPSA) is 12.9 Å². The van der Waals surface area contributed by atoms with Crippen molar-refractivity contribution in [1.82, 2.24) is 4.98 Å². The first-order valence-corrected chi connectivity index (χ1v) is 8.12. The number of para-hydroxylation sites is 1. The summed E-state index contributed by atoms with van der Waals surface area (Å²) in [5.74, 6) is 0. The van der Waals surface area contributed by atoms with Gasteiger partial charge < -0.3 is 0 Å². The van der Waals surface area contributed by atoms with E-state index in [-0.39, 0.29) is 0 Å². The Labute approximate surface area is 126 Å². The molecule has 0 bridgehead atoms. The van der Waals surface area contributed by atoms with Crippen molar-refractivity contribution >= 4 is 33.6 Å². The van der Waals surface area contributed by atoms with Gasteiger partial charge in [-0.3, -0.25) is 0 Å². The van der Waals surface area contributed by atoms with E-state index >= 15 is 0 Å². The van der Waals surface area contributed by atoms with Crippen molar-refractivity contribution in [3.8, 4) is 10.6 Å². The third-order valence-corrected chi connectivity index (χ3v) is 4.32. The molecule has 1 aromatic carbocycles. The predicted octanol–water partition coefficient (Wildman–Crippen LogP) is 5.71. The molecule has 0 saturated carbocycles. The summed E-state index contributed by atoms with van der Waals surface area (Å²) in [4.78, 5) is 5.85. The van der Waals surface area contributed by atoms with Crippen LogP contribution in [0.2, 0.25) is 0 Å². The van der Waals surface area contributed by atoms with Crippen molar-refractivity contribution in [3.05, 3.63) is 76.8 Å². The zero-order valence-corrected chi connectivity index (χ0v) is 12.4. The van der Waals surface area contributed by atoms with Crippen LogP contribution in [0.1, 0.15) is 0 Å². The molecular formula is C17H13NS2. The maximum atomic E-state index is 4.63. The summed E-state index contributed by atoms with van der Waals surface area (Å²) in [6.07, 6.45) is 0. The molecule has 4 aromatic rings. The number of pyridine rings is 1. The van der Waals surface area contributed by atoms with Gasteiger partial charge in [-0.25, -0.2) is 4.98 Å². The molecule has 0 unspecified atom stereocenters. The summed E-state index contributed by atoms with van der Waals surface area (Å²) >= 11 is 3.44. The molecule has 3 heterocycles. The number of fused-ring (bicyclic) bond motifs is 1. The van der Waals surface area contributed by atoms with Crippen molar-refractivity contribution < 1.29 is 0 Å².